The van der Waals surface area contributed by atoms with Gasteiger partial charge in [-0.25, -0.2) is 9.97 Å². The molecule has 0 atom stereocenters. The van der Waals surface area contributed by atoms with Crippen molar-refractivity contribution in [1.82, 2.24) is 19.7 Å². The van der Waals surface area contributed by atoms with Crippen LogP contribution in [0.5, 0.6) is 0 Å². The first-order valence-electron chi connectivity index (χ1n) is 7.93. The van der Waals surface area contributed by atoms with Gasteiger partial charge in [-0.3, -0.25) is 4.79 Å². The molecule has 3 aromatic heterocycles. The molecule has 0 spiro atoms. The lowest BCUT2D eigenvalue weighted by molar-refractivity contribution is 0.100. The maximum atomic E-state index is 11.6. The Morgan fingerprint density at radius 3 is 2.88 bits per heavy atom. The minimum absolute atomic E-state index is 0.348. The van der Waals surface area contributed by atoms with Crippen molar-refractivity contribution in [2.75, 3.05) is 11.9 Å². The normalized spacial score (nSPS) is 13.6. The molecular formula is C17H15N7O. The van der Waals surface area contributed by atoms with Gasteiger partial charge >= 0.3 is 0 Å². The lowest BCUT2D eigenvalue weighted by Gasteiger charge is -2.11. The molecule has 1 aliphatic carbocycles. The van der Waals surface area contributed by atoms with Crippen LogP contribution in [-0.4, -0.2) is 32.2 Å². The van der Waals surface area contributed by atoms with Crippen LogP contribution in [0.3, 0.4) is 0 Å². The van der Waals surface area contributed by atoms with Crippen molar-refractivity contribution in [1.29, 1.82) is 5.26 Å². The van der Waals surface area contributed by atoms with Crippen LogP contribution < -0.4 is 11.1 Å². The molecule has 8 heteroatoms. The number of hydrogen-bond donors (Lipinski definition) is 2. The zero-order valence-electron chi connectivity index (χ0n) is 13.3. The minimum Gasteiger partial charge on any atom is -0.384 e. The Kier molecular flexibility index (Phi) is 3.54. The van der Waals surface area contributed by atoms with E-state index in [2.05, 4.69) is 26.5 Å². The third-order valence-electron chi connectivity index (χ3n) is 4.19. The average Bonchev–Trinajstić information content (AvgIpc) is 3.36. The second-order valence-corrected chi connectivity index (χ2v) is 6.08. The highest BCUT2D eigenvalue weighted by molar-refractivity contribution is 5.98. The summed E-state index contributed by atoms with van der Waals surface area (Å²) in [4.78, 5) is 20.2. The number of hydrogen-bond acceptors (Lipinski definition) is 6. The smallest absolute Gasteiger partial charge is 0.252 e. The number of aromatic nitrogens is 4. The number of nitrogens with two attached hydrogens (primary N) is 1. The van der Waals surface area contributed by atoms with Gasteiger partial charge in [-0.2, -0.15) is 15.0 Å². The Morgan fingerprint density at radius 1 is 1.32 bits per heavy atom. The van der Waals surface area contributed by atoms with E-state index in [4.69, 9.17) is 11.0 Å². The fourth-order valence-electron chi connectivity index (χ4n) is 2.63. The van der Waals surface area contributed by atoms with E-state index in [9.17, 15) is 4.79 Å². The third-order valence-corrected chi connectivity index (χ3v) is 4.19. The number of nitrogens with zero attached hydrogens (tertiary/aromatic N) is 5. The molecule has 0 bridgehead atoms. The molecule has 3 N–H and O–H groups in total. The van der Waals surface area contributed by atoms with Gasteiger partial charge in [-0.05, 0) is 24.8 Å². The standard InChI is InChI=1S/C17H15N7O/c18-5-11-3-12-8-23-24(17(12)22-7-11)15-4-14(20-6-10-1-2-10)13(9-21-15)16(19)25/h3-4,7-10H,1-2,6H2,(H2,19,25)(H,20,21). The second-order valence-electron chi connectivity index (χ2n) is 6.08. The van der Waals surface area contributed by atoms with E-state index >= 15 is 0 Å². The Morgan fingerprint density at radius 2 is 2.16 bits per heavy atom. The van der Waals surface area contributed by atoms with Crippen molar-refractivity contribution in [2.24, 2.45) is 11.7 Å². The van der Waals surface area contributed by atoms with E-state index in [0.29, 0.717) is 34.2 Å². The predicted octanol–water partition coefficient (Wildman–Crippen LogP) is 1.61. The number of amides is 1. The number of carbonyl (C=O) groups excluding carboxylic acids is 1. The van der Waals surface area contributed by atoms with E-state index in [1.54, 1.807) is 23.0 Å². The fourth-order valence-corrected chi connectivity index (χ4v) is 2.63. The Bertz CT molecular complexity index is 1010. The molecule has 0 aromatic carbocycles. The average molecular weight is 333 g/mol. The summed E-state index contributed by atoms with van der Waals surface area (Å²) in [5.74, 6) is 0.643. The van der Waals surface area contributed by atoms with E-state index in [0.717, 1.165) is 11.9 Å². The molecule has 1 amide bonds. The van der Waals surface area contributed by atoms with Crippen LogP contribution in [0.4, 0.5) is 5.69 Å². The Hall–Kier alpha value is -3.47. The highest BCUT2D eigenvalue weighted by Gasteiger charge is 2.22. The molecular weight excluding hydrogens is 318 g/mol. The van der Waals surface area contributed by atoms with Gasteiger partial charge in [0.25, 0.3) is 5.91 Å². The van der Waals surface area contributed by atoms with Crippen LogP contribution in [0.25, 0.3) is 16.9 Å². The molecule has 0 saturated heterocycles. The van der Waals surface area contributed by atoms with Gasteiger partial charge in [0.2, 0.25) is 0 Å². The number of carbonyl (C=O) groups is 1. The summed E-state index contributed by atoms with van der Waals surface area (Å²) >= 11 is 0. The molecule has 1 saturated carbocycles. The van der Waals surface area contributed by atoms with Crippen molar-refractivity contribution >= 4 is 22.6 Å². The van der Waals surface area contributed by atoms with Crippen LogP contribution in [-0.2, 0) is 0 Å². The van der Waals surface area contributed by atoms with Crippen LogP contribution in [0.2, 0.25) is 0 Å². The summed E-state index contributed by atoms with van der Waals surface area (Å²) in [6, 6.07) is 5.52. The minimum atomic E-state index is -0.528. The summed E-state index contributed by atoms with van der Waals surface area (Å²) in [5.41, 5.74) is 7.49. The SMILES string of the molecule is N#Cc1cnc2c(cnn2-c2cc(NCC3CC3)c(C(N)=O)cn2)c1. The number of rotatable bonds is 5. The number of fused-ring (bicyclic) bond motifs is 1. The summed E-state index contributed by atoms with van der Waals surface area (Å²) in [7, 11) is 0. The fraction of sp³-hybridized carbons (Fsp3) is 0.235. The van der Waals surface area contributed by atoms with Crippen LogP contribution in [0.1, 0.15) is 28.8 Å². The molecule has 1 aliphatic rings. The Balaban J connectivity index is 1.75. The molecule has 3 heterocycles. The highest BCUT2D eigenvalue weighted by atomic mass is 16.1. The maximum Gasteiger partial charge on any atom is 0.252 e. The van der Waals surface area contributed by atoms with Gasteiger partial charge < -0.3 is 11.1 Å². The lowest BCUT2D eigenvalue weighted by atomic mass is 10.2. The third kappa shape index (κ3) is 2.87. The number of nitrogens with one attached hydrogen (secondary N) is 1. The first-order chi connectivity index (χ1) is 12.2. The quantitative estimate of drug-likeness (QED) is 0.731. The molecule has 0 aliphatic heterocycles. The van der Waals surface area contributed by atoms with E-state index in [1.807, 2.05) is 0 Å². The first-order valence-corrected chi connectivity index (χ1v) is 7.93. The van der Waals surface area contributed by atoms with E-state index in [1.165, 1.54) is 25.2 Å². The van der Waals surface area contributed by atoms with E-state index < -0.39 is 5.91 Å². The predicted molar refractivity (Wildman–Crippen MR) is 91.1 cm³/mol. The largest absolute Gasteiger partial charge is 0.384 e. The van der Waals surface area contributed by atoms with Gasteiger partial charge in [0.1, 0.15) is 6.07 Å². The topological polar surface area (TPSA) is 123 Å². The Labute approximate surface area is 143 Å². The summed E-state index contributed by atoms with van der Waals surface area (Å²) in [6.45, 7) is 0.799. The van der Waals surface area contributed by atoms with Gasteiger partial charge in [-0.15, -0.1) is 0 Å². The number of anilines is 1. The van der Waals surface area contributed by atoms with Crippen LogP contribution in [0, 0.1) is 17.2 Å². The van der Waals surface area contributed by atoms with Crippen molar-refractivity contribution < 1.29 is 4.79 Å². The zero-order chi connectivity index (χ0) is 17.4. The van der Waals surface area contributed by atoms with Gasteiger partial charge in [0.05, 0.1) is 23.0 Å². The molecule has 0 unspecified atom stereocenters. The van der Waals surface area contributed by atoms with Crippen molar-refractivity contribution in [3.63, 3.8) is 0 Å². The summed E-state index contributed by atoms with van der Waals surface area (Å²) in [6.07, 6.45) is 6.97. The molecule has 124 valence electrons. The summed E-state index contributed by atoms with van der Waals surface area (Å²) < 4.78 is 1.57. The molecule has 25 heavy (non-hydrogen) atoms. The van der Waals surface area contributed by atoms with Gasteiger partial charge in [-0.1, -0.05) is 0 Å². The highest BCUT2D eigenvalue weighted by Crippen LogP contribution is 2.30. The van der Waals surface area contributed by atoms with Crippen molar-refractivity contribution in [3.05, 3.63) is 41.9 Å². The molecule has 3 aromatic rings. The number of primary amides is 1. The van der Waals surface area contributed by atoms with Crippen molar-refractivity contribution in [2.45, 2.75) is 12.8 Å². The second kappa shape index (κ2) is 5.87. The van der Waals surface area contributed by atoms with Crippen LogP contribution in [0.15, 0.2) is 30.7 Å². The van der Waals surface area contributed by atoms with Crippen LogP contribution >= 0.6 is 0 Å². The maximum absolute atomic E-state index is 11.6. The van der Waals surface area contributed by atoms with Gasteiger partial charge in [0.15, 0.2) is 11.5 Å². The zero-order valence-corrected chi connectivity index (χ0v) is 13.3. The monoisotopic (exact) mass is 333 g/mol. The summed E-state index contributed by atoms with van der Waals surface area (Å²) in [5, 5.41) is 17.3. The molecule has 1 fully saturated rings. The van der Waals surface area contributed by atoms with Gasteiger partial charge in [0, 0.05) is 30.4 Å². The molecule has 0 radical (unpaired) electrons. The lowest BCUT2D eigenvalue weighted by Crippen LogP contribution is -2.17. The van der Waals surface area contributed by atoms with E-state index in [-0.39, 0.29) is 0 Å². The molecule has 4 rings (SSSR count). The number of pyridine rings is 2. The van der Waals surface area contributed by atoms with Crippen molar-refractivity contribution in [3.8, 4) is 11.9 Å². The first kappa shape index (κ1) is 15.1. The number of nitriles is 1. The molecule has 8 nitrogen and oxygen atoms in total.